The molecule has 5 heterocycles. The number of imidazole rings is 1. The molecule has 1 saturated heterocycles. The summed E-state index contributed by atoms with van der Waals surface area (Å²) in [5.41, 5.74) is 18.9. The highest BCUT2D eigenvalue weighted by Crippen LogP contribution is 2.40. The number of nitrogens with two attached hydrogens (primary N) is 2. The molecule has 2 amide bonds. The number of likely N-dealkylation sites (tertiary alicyclic amines) is 1. The minimum atomic E-state index is -0.407. The summed E-state index contributed by atoms with van der Waals surface area (Å²) in [5.74, 6) is 1.95. The van der Waals surface area contributed by atoms with Crippen LogP contribution in [-0.2, 0) is 24.8 Å². The Bertz CT molecular complexity index is 2060. The molecule has 3 aliphatic rings. The molecule has 1 aromatic carbocycles. The van der Waals surface area contributed by atoms with Crippen LogP contribution < -0.4 is 16.2 Å². The zero-order valence-corrected chi connectivity index (χ0v) is 26.4. The monoisotopic (exact) mass is 618 g/mol. The van der Waals surface area contributed by atoms with Crippen LogP contribution in [0.15, 0.2) is 42.5 Å². The summed E-state index contributed by atoms with van der Waals surface area (Å²) in [5, 5.41) is 1.02. The van der Waals surface area contributed by atoms with Gasteiger partial charge in [-0.1, -0.05) is 0 Å². The lowest BCUT2D eigenvalue weighted by molar-refractivity contribution is -0.117. The zero-order chi connectivity index (χ0) is 31.9. The fourth-order valence-electron chi connectivity index (χ4n) is 7.63. The van der Waals surface area contributed by atoms with Crippen LogP contribution >= 0.6 is 0 Å². The molecule has 8 rings (SSSR count). The van der Waals surface area contributed by atoms with Gasteiger partial charge in [0.2, 0.25) is 5.91 Å². The van der Waals surface area contributed by atoms with Crippen molar-refractivity contribution >= 4 is 33.9 Å². The first-order chi connectivity index (χ1) is 22.2. The van der Waals surface area contributed by atoms with Crippen LogP contribution in [-0.4, -0.2) is 66.5 Å². The number of rotatable bonds is 8. The number of benzene rings is 1. The number of methoxy groups -OCH3 is 1. The number of hydrogen-bond acceptors (Lipinski definition) is 7. The van der Waals surface area contributed by atoms with Crippen molar-refractivity contribution in [3.8, 4) is 28.5 Å². The second kappa shape index (κ2) is 10.7. The topological polar surface area (TPSA) is 147 Å². The van der Waals surface area contributed by atoms with Gasteiger partial charge in [0.05, 0.1) is 36.1 Å². The number of hydrogen-bond donors (Lipinski definition) is 2. The molecule has 2 bridgehead atoms. The summed E-state index contributed by atoms with van der Waals surface area (Å²) in [6.45, 7) is 3.47. The van der Waals surface area contributed by atoms with Gasteiger partial charge in [0, 0.05) is 54.4 Å². The van der Waals surface area contributed by atoms with Crippen LogP contribution in [0.25, 0.3) is 44.8 Å². The molecule has 4 aromatic heterocycles. The van der Waals surface area contributed by atoms with Gasteiger partial charge in [-0.15, -0.1) is 0 Å². The fourth-order valence-corrected chi connectivity index (χ4v) is 7.63. The van der Waals surface area contributed by atoms with Crippen molar-refractivity contribution in [3.63, 3.8) is 0 Å². The van der Waals surface area contributed by atoms with Gasteiger partial charge >= 0.3 is 0 Å². The van der Waals surface area contributed by atoms with E-state index in [-0.39, 0.29) is 24.4 Å². The number of carbonyl (C=O) groups is 2. The van der Waals surface area contributed by atoms with Crippen molar-refractivity contribution < 1.29 is 14.3 Å². The molecule has 0 spiro atoms. The van der Waals surface area contributed by atoms with Crippen LogP contribution in [0.1, 0.15) is 47.4 Å². The van der Waals surface area contributed by atoms with Crippen LogP contribution in [0.3, 0.4) is 0 Å². The molecule has 1 aliphatic heterocycles. The largest absolute Gasteiger partial charge is 0.494 e. The standard InChI is InChI=1S/C35H38N8O3/c1-18-24(9-8-23(38-18)15-30(36)44)25-10-6-20-13-28(42(33(20)39-25)16-19-4-5-19)34-40-26-12-22(14-29(46-3)32(26)41(34)2)35(45)43-17-21-7-11-27(43)31(21)37/h6,8-10,12-14,19,21,27,31H,4-5,7,11,15-17,37H2,1-3H3,(H2,36,44)/t21?,27?,31-/m1/s1. The molecular formula is C35H38N8O3. The van der Waals surface area contributed by atoms with Crippen molar-refractivity contribution in [3.05, 3.63) is 59.4 Å². The lowest BCUT2D eigenvalue weighted by Gasteiger charge is -2.27. The molecule has 11 nitrogen and oxygen atoms in total. The number of fused-ring (bicyclic) bond motifs is 4. The summed E-state index contributed by atoms with van der Waals surface area (Å²) in [6.07, 6.45) is 4.53. The first-order valence-corrected chi connectivity index (χ1v) is 16.1. The van der Waals surface area contributed by atoms with Crippen molar-refractivity contribution in [2.24, 2.45) is 30.4 Å². The van der Waals surface area contributed by atoms with Gasteiger partial charge in [-0.25, -0.2) is 9.97 Å². The maximum atomic E-state index is 13.7. The third kappa shape index (κ3) is 4.63. The van der Waals surface area contributed by atoms with E-state index in [0.717, 1.165) is 64.4 Å². The summed E-state index contributed by atoms with van der Waals surface area (Å²) in [6, 6.07) is 13.9. The van der Waals surface area contributed by atoms with Crippen LogP contribution in [0.2, 0.25) is 0 Å². The van der Waals surface area contributed by atoms with Gasteiger partial charge in [-0.2, -0.15) is 0 Å². The lowest BCUT2D eigenvalue weighted by atomic mass is 10.1. The Labute approximate surface area is 266 Å². The molecule has 236 valence electrons. The molecule has 0 radical (unpaired) electrons. The van der Waals surface area contributed by atoms with E-state index in [2.05, 4.69) is 26.3 Å². The maximum absolute atomic E-state index is 13.7. The van der Waals surface area contributed by atoms with Crippen molar-refractivity contribution in [2.75, 3.05) is 13.7 Å². The third-order valence-corrected chi connectivity index (χ3v) is 10.2. The molecule has 3 atom stereocenters. The molecule has 46 heavy (non-hydrogen) atoms. The number of piperidine rings is 1. The summed E-state index contributed by atoms with van der Waals surface area (Å²) >= 11 is 0. The smallest absolute Gasteiger partial charge is 0.254 e. The predicted octanol–water partition coefficient (Wildman–Crippen LogP) is 3.97. The van der Waals surface area contributed by atoms with Crippen molar-refractivity contribution in [2.45, 2.75) is 57.7 Å². The van der Waals surface area contributed by atoms with E-state index in [1.54, 1.807) is 7.11 Å². The van der Waals surface area contributed by atoms with Crippen molar-refractivity contribution in [1.82, 2.24) is 29.0 Å². The van der Waals surface area contributed by atoms with E-state index in [1.165, 1.54) is 12.8 Å². The lowest BCUT2D eigenvalue weighted by Crippen LogP contribution is -2.41. The summed E-state index contributed by atoms with van der Waals surface area (Å²) in [4.78, 5) is 42.0. The van der Waals surface area contributed by atoms with Gasteiger partial charge in [-0.3, -0.25) is 14.6 Å². The number of amides is 2. The van der Waals surface area contributed by atoms with E-state index in [4.69, 9.17) is 26.2 Å². The van der Waals surface area contributed by atoms with Gasteiger partial charge in [0.15, 0.2) is 5.82 Å². The van der Waals surface area contributed by atoms with Gasteiger partial charge < -0.3 is 30.2 Å². The first-order valence-electron chi connectivity index (χ1n) is 16.1. The number of primary amides is 1. The Morgan fingerprint density at radius 3 is 2.52 bits per heavy atom. The SMILES string of the molecule is COc1cc(C(=O)N2CC3CCC2[C@@H]3N)cc2nc(-c3cc4ccc(-c5ccc(CC(N)=O)nc5C)nc4n3CC3CC3)n(C)c12. The highest BCUT2D eigenvalue weighted by molar-refractivity contribution is 6.00. The van der Waals surface area contributed by atoms with E-state index >= 15 is 0 Å². The normalized spacial score (nSPS) is 20.7. The molecule has 2 unspecified atom stereocenters. The Kier molecular flexibility index (Phi) is 6.64. The van der Waals surface area contributed by atoms with E-state index in [9.17, 15) is 9.59 Å². The molecular weight excluding hydrogens is 580 g/mol. The average Bonchev–Trinajstić information content (AvgIpc) is 3.44. The van der Waals surface area contributed by atoms with Gasteiger partial charge in [-0.05, 0) is 86.9 Å². The molecule has 4 N–H and O–H groups in total. The van der Waals surface area contributed by atoms with E-state index < -0.39 is 5.91 Å². The van der Waals surface area contributed by atoms with Crippen LogP contribution in [0, 0.1) is 18.8 Å². The average molecular weight is 619 g/mol. The zero-order valence-electron chi connectivity index (χ0n) is 26.4. The van der Waals surface area contributed by atoms with Gasteiger partial charge in [0.25, 0.3) is 5.91 Å². The summed E-state index contributed by atoms with van der Waals surface area (Å²) < 4.78 is 10.2. The Balaban J connectivity index is 1.21. The van der Waals surface area contributed by atoms with Crippen LogP contribution in [0.5, 0.6) is 5.75 Å². The predicted molar refractivity (Wildman–Crippen MR) is 175 cm³/mol. The highest BCUT2D eigenvalue weighted by atomic mass is 16.5. The first kappa shape index (κ1) is 28.7. The number of ether oxygens (including phenoxy) is 1. The third-order valence-electron chi connectivity index (χ3n) is 10.2. The molecule has 5 aromatic rings. The number of aryl methyl sites for hydroxylation is 2. The molecule has 2 saturated carbocycles. The number of aromatic nitrogens is 5. The minimum absolute atomic E-state index is 0.0120. The molecule has 11 heteroatoms. The summed E-state index contributed by atoms with van der Waals surface area (Å²) in [7, 11) is 3.63. The minimum Gasteiger partial charge on any atom is -0.494 e. The number of pyridine rings is 2. The Morgan fingerprint density at radius 2 is 1.85 bits per heavy atom. The highest BCUT2D eigenvalue weighted by Gasteiger charge is 2.47. The quantitative estimate of drug-likeness (QED) is 0.268. The van der Waals surface area contributed by atoms with E-state index in [1.807, 2.05) is 49.2 Å². The fraction of sp³-hybridized carbons (Fsp3) is 0.400. The second-order valence-corrected chi connectivity index (χ2v) is 13.3. The second-order valence-electron chi connectivity index (χ2n) is 13.3. The molecule has 2 aliphatic carbocycles. The maximum Gasteiger partial charge on any atom is 0.254 e. The van der Waals surface area contributed by atoms with E-state index in [0.29, 0.717) is 40.9 Å². The Hall–Kier alpha value is -4.77. The van der Waals surface area contributed by atoms with Crippen molar-refractivity contribution in [1.29, 1.82) is 0 Å². The molecule has 3 fully saturated rings. The Morgan fingerprint density at radius 1 is 1.02 bits per heavy atom. The number of carbonyl (C=O) groups excluding carboxylic acids is 2. The van der Waals surface area contributed by atoms with Crippen LogP contribution in [0.4, 0.5) is 0 Å². The number of nitrogens with zero attached hydrogens (tertiary/aromatic N) is 6. The van der Waals surface area contributed by atoms with Gasteiger partial charge in [0.1, 0.15) is 16.9 Å².